The Morgan fingerprint density at radius 2 is 1.94 bits per heavy atom. The zero-order chi connectivity index (χ0) is 13.9. The fraction of sp³-hybridized carbons (Fsp3) is 0.417. The summed E-state index contributed by atoms with van der Waals surface area (Å²) >= 11 is 0. The molecule has 0 fully saturated rings. The zero-order valence-corrected chi connectivity index (χ0v) is 11.5. The number of sulfonamides is 1. The van der Waals surface area contributed by atoms with E-state index in [0.717, 1.165) is 0 Å². The number of nitriles is 1. The summed E-state index contributed by atoms with van der Waals surface area (Å²) in [7, 11) is -3.69. The molecule has 0 aliphatic rings. The molecule has 0 spiro atoms. The molecule has 1 aromatic carbocycles. The maximum Gasteiger partial charge on any atom is 0.242 e. The van der Waals surface area contributed by atoms with Crippen LogP contribution in [0.1, 0.15) is 26.3 Å². The van der Waals surface area contributed by atoms with Gasteiger partial charge in [0.25, 0.3) is 0 Å². The molecular weight excluding hydrogens is 250 g/mol. The monoisotopic (exact) mass is 267 g/mol. The van der Waals surface area contributed by atoms with Gasteiger partial charge in [-0.05, 0) is 31.0 Å². The standard InChI is InChI=1S/C12H17N3O2S/c1-8(2)9(3)15-18(16,17)12-5-4-11(14)6-10(12)7-13/h4-6,8-9,15H,14H2,1-3H3. The van der Waals surface area contributed by atoms with E-state index in [1.807, 2.05) is 19.9 Å². The van der Waals surface area contributed by atoms with Gasteiger partial charge >= 0.3 is 0 Å². The van der Waals surface area contributed by atoms with Gasteiger partial charge in [0.2, 0.25) is 10.0 Å². The van der Waals surface area contributed by atoms with Crippen molar-refractivity contribution in [3.05, 3.63) is 23.8 Å². The third-order valence-corrected chi connectivity index (χ3v) is 4.37. The van der Waals surface area contributed by atoms with Gasteiger partial charge in [-0.1, -0.05) is 13.8 Å². The van der Waals surface area contributed by atoms with Crippen LogP contribution in [-0.4, -0.2) is 14.5 Å². The van der Waals surface area contributed by atoms with E-state index in [1.54, 1.807) is 6.92 Å². The molecule has 98 valence electrons. The Morgan fingerprint density at radius 1 is 1.33 bits per heavy atom. The molecule has 1 atom stereocenters. The Morgan fingerprint density at radius 3 is 2.44 bits per heavy atom. The van der Waals surface area contributed by atoms with Gasteiger partial charge < -0.3 is 5.73 Å². The van der Waals surface area contributed by atoms with Crippen molar-refractivity contribution in [2.75, 3.05) is 5.73 Å². The summed E-state index contributed by atoms with van der Waals surface area (Å²) in [6.45, 7) is 5.62. The fourth-order valence-corrected chi connectivity index (χ4v) is 2.84. The summed E-state index contributed by atoms with van der Waals surface area (Å²) < 4.78 is 26.8. The first-order valence-electron chi connectivity index (χ1n) is 5.60. The van der Waals surface area contributed by atoms with Gasteiger partial charge in [0.15, 0.2) is 0 Å². The maximum absolute atomic E-state index is 12.1. The van der Waals surface area contributed by atoms with Crippen LogP contribution < -0.4 is 10.5 Å². The highest BCUT2D eigenvalue weighted by molar-refractivity contribution is 7.89. The minimum Gasteiger partial charge on any atom is -0.399 e. The molecule has 0 amide bonds. The van der Waals surface area contributed by atoms with E-state index in [0.29, 0.717) is 5.69 Å². The molecule has 1 rings (SSSR count). The topological polar surface area (TPSA) is 96.0 Å². The molecule has 0 bridgehead atoms. The number of hydrogen-bond acceptors (Lipinski definition) is 4. The van der Waals surface area contributed by atoms with Gasteiger partial charge in [0, 0.05) is 11.7 Å². The van der Waals surface area contributed by atoms with Crippen LogP contribution in [0.4, 0.5) is 5.69 Å². The van der Waals surface area contributed by atoms with Crippen molar-refractivity contribution in [2.45, 2.75) is 31.7 Å². The normalized spacial score (nSPS) is 13.3. The van der Waals surface area contributed by atoms with Gasteiger partial charge in [-0.15, -0.1) is 0 Å². The largest absolute Gasteiger partial charge is 0.399 e. The van der Waals surface area contributed by atoms with Crippen LogP contribution in [0, 0.1) is 17.2 Å². The highest BCUT2D eigenvalue weighted by Gasteiger charge is 2.22. The fourth-order valence-electron chi connectivity index (χ4n) is 1.31. The molecule has 0 saturated carbocycles. The molecule has 0 radical (unpaired) electrons. The minimum atomic E-state index is -3.69. The number of nitrogens with zero attached hydrogens (tertiary/aromatic N) is 1. The lowest BCUT2D eigenvalue weighted by Crippen LogP contribution is -2.36. The van der Waals surface area contributed by atoms with Gasteiger partial charge in [-0.3, -0.25) is 0 Å². The lowest BCUT2D eigenvalue weighted by Gasteiger charge is -2.18. The molecule has 0 saturated heterocycles. The smallest absolute Gasteiger partial charge is 0.242 e. The highest BCUT2D eigenvalue weighted by Crippen LogP contribution is 2.19. The van der Waals surface area contributed by atoms with E-state index in [1.165, 1.54) is 18.2 Å². The van der Waals surface area contributed by atoms with E-state index in [2.05, 4.69) is 4.72 Å². The lowest BCUT2D eigenvalue weighted by atomic mass is 10.1. The summed E-state index contributed by atoms with van der Waals surface area (Å²) in [4.78, 5) is -0.0355. The van der Waals surface area contributed by atoms with E-state index in [9.17, 15) is 8.42 Å². The lowest BCUT2D eigenvalue weighted by molar-refractivity contribution is 0.476. The number of hydrogen-bond donors (Lipinski definition) is 2. The zero-order valence-electron chi connectivity index (χ0n) is 10.6. The Labute approximate surface area is 108 Å². The first kappa shape index (κ1) is 14.5. The number of nitrogen functional groups attached to an aromatic ring is 1. The molecule has 0 aliphatic heterocycles. The van der Waals surface area contributed by atoms with Crippen LogP contribution in [0.15, 0.2) is 23.1 Å². The van der Waals surface area contributed by atoms with Crippen molar-refractivity contribution >= 4 is 15.7 Å². The van der Waals surface area contributed by atoms with Crippen LogP contribution >= 0.6 is 0 Å². The second-order valence-electron chi connectivity index (χ2n) is 4.52. The van der Waals surface area contributed by atoms with Crippen molar-refractivity contribution in [1.29, 1.82) is 5.26 Å². The Hall–Kier alpha value is -1.58. The molecule has 1 aromatic rings. The van der Waals surface area contributed by atoms with Crippen LogP contribution in [0.3, 0.4) is 0 Å². The number of anilines is 1. The van der Waals surface area contributed by atoms with Crippen molar-refractivity contribution < 1.29 is 8.42 Å². The van der Waals surface area contributed by atoms with Gasteiger partial charge in [0.1, 0.15) is 6.07 Å². The molecule has 3 N–H and O–H groups in total. The van der Waals surface area contributed by atoms with Crippen molar-refractivity contribution in [1.82, 2.24) is 4.72 Å². The van der Waals surface area contributed by atoms with Crippen LogP contribution in [-0.2, 0) is 10.0 Å². The molecule has 0 aliphatic carbocycles. The number of nitrogens with two attached hydrogens (primary N) is 1. The summed E-state index contributed by atoms with van der Waals surface area (Å²) in [6.07, 6.45) is 0. The molecular formula is C12H17N3O2S. The Balaban J connectivity index is 3.18. The quantitative estimate of drug-likeness (QED) is 0.807. The highest BCUT2D eigenvalue weighted by atomic mass is 32.2. The average Bonchev–Trinajstić information content (AvgIpc) is 2.27. The van der Waals surface area contributed by atoms with Gasteiger partial charge in [-0.2, -0.15) is 5.26 Å². The molecule has 6 heteroatoms. The minimum absolute atomic E-state index is 0.0355. The Bertz CT molecular complexity index is 573. The third kappa shape index (κ3) is 3.22. The Kier molecular flexibility index (Phi) is 4.33. The number of rotatable bonds is 4. The molecule has 0 aromatic heterocycles. The summed E-state index contributed by atoms with van der Waals surface area (Å²) in [5.74, 6) is 0.166. The second-order valence-corrected chi connectivity index (χ2v) is 6.20. The van der Waals surface area contributed by atoms with E-state index in [4.69, 9.17) is 11.0 Å². The van der Waals surface area contributed by atoms with Crippen molar-refractivity contribution in [2.24, 2.45) is 5.92 Å². The summed E-state index contributed by atoms with van der Waals surface area (Å²) in [6, 6.07) is 5.81. The molecule has 1 unspecified atom stereocenters. The van der Waals surface area contributed by atoms with E-state index >= 15 is 0 Å². The predicted molar refractivity (Wildman–Crippen MR) is 70.2 cm³/mol. The van der Waals surface area contributed by atoms with Crippen LogP contribution in [0.5, 0.6) is 0 Å². The van der Waals surface area contributed by atoms with Gasteiger partial charge in [0.05, 0.1) is 10.5 Å². The van der Waals surface area contributed by atoms with Crippen molar-refractivity contribution in [3.8, 4) is 6.07 Å². The van der Waals surface area contributed by atoms with Crippen molar-refractivity contribution in [3.63, 3.8) is 0 Å². The molecule has 18 heavy (non-hydrogen) atoms. The third-order valence-electron chi connectivity index (χ3n) is 2.75. The molecule has 0 heterocycles. The summed E-state index contributed by atoms with van der Waals surface area (Å²) in [5.41, 5.74) is 5.95. The number of nitrogens with one attached hydrogen (secondary N) is 1. The first-order valence-corrected chi connectivity index (χ1v) is 7.08. The summed E-state index contributed by atoms with van der Waals surface area (Å²) in [5, 5.41) is 8.95. The first-order chi connectivity index (χ1) is 8.27. The predicted octanol–water partition coefficient (Wildman–Crippen LogP) is 1.46. The average molecular weight is 267 g/mol. The number of benzene rings is 1. The van der Waals surface area contributed by atoms with E-state index < -0.39 is 10.0 Å². The molecule has 5 nitrogen and oxygen atoms in total. The SMILES string of the molecule is CC(C)C(C)NS(=O)(=O)c1ccc(N)cc1C#N. The van der Waals surface area contributed by atoms with Crippen LogP contribution in [0.25, 0.3) is 0 Å². The van der Waals surface area contributed by atoms with Crippen LogP contribution in [0.2, 0.25) is 0 Å². The van der Waals surface area contributed by atoms with Gasteiger partial charge in [-0.25, -0.2) is 13.1 Å². The van der Waals surface area contributed by atoms with E-state index in [-0.39, 0.29) is 22.4 Å². The second kappa shape index (κ2) is 5.38. The maximum atomic E-state index is 12.1.